The zero-order valence-electron chi connectivity index (χ0n) is 15.8. The highest BCUT2D eigenvalue weighted by Crippen LogP contribution is 2.28. The second kappa shape index (κ2) is 11.3. The molecule has 0 spiro atoms. The van der Waals surface area contributed by atoms with Gasteiger partial charge < -0.3 is 0 Å². The summed E-state index contributed by atoms with van der Waals surface area (Å²) in [4.78, 5) is 8.74. The smallest absolute Gasteiger partial charge is 0.137 e. The molecule has 0 bridgehead atoms. The second-order valence-corrected chi connectivity index (χ2v) is 7.81. The molecule has 1 aromatic heterocycles. The minimum absolute atomic E-state index is 0.0644. The Hall–Kier alpha value is -1.56. The molecule has 1 heterocycles. The number of aryl methyl sites for hydroxylation is 1. The van der Waals surface area contributed by atoms with Crippen molar-refractivity contribution in [1.29, 1.82) is 0 Å². The van der Waals surface area contributed by atoms with E-state index < -0.39 is 0 Å². The van der Waals surface area contributed by atoms with Gasteiger partial charge in [0.1, 0.15) is 12.7 Å². The zero-order valence-corrected chi connectivity index (χ0v) is 18.1. The number of aliphatic imine (C=N–C) groups is 1. The lowest BCUT2D eigenvalue weighted by Gasteiger charge is -2.13. The Labute approximate surface area is 175 Å². The van der Waals surface area contributed by atoms with Crippen LogP contribution in [0.15, 0.2) is 64.8 Å². The van der Waals surface area contributed by atoms with Crippen LogP contribution in [0.1, 0.15) is 31.4 Å². The van der Waals surface area contributed by atoms with Crippen LogP contribution in [0.2, 0.25) is 0 Å². The first-order valence-electron chi connectivity index (χ1n) is 8.89. The molecule has 1 aromatic carbocycles. The summed E-state index contributed by atoms with van der Waals surface area (Å²) in [5.41, 5.74) is 3.28. The summed E-state index contributed by atoms with van der Waals surface area (Å²) in [6.07, 6.45) is 7.62. The van der Waals surface area contributed by atoms with E-state index in [9.17, 15) is 0 Å². The van der Waals surface area contributed by atoms with Crippen molar-refractivity contribution in [3.05, 3.63) is 70.9 Å². The molecule has 0 amide bonds. The number of hydrogen-bond acceptors (Lipinski definition) is 4. The molecule has 7 heteroatoms. The lowest BCUT2D eigenvalue weighted by molar-refractivity contribution is 0.726. The molecule has 144 valence electrons. The molecule has 1 unspecified atom stereocenters. The van der Waals surface area contributed by atoms with E-state index in [1.165, 1.54) is 17.5 Å². The summed E-state index contributed by atoms with van der Waals surface area (Å²) >= 11 is 14.1. The van der Waals surface area contributed by atoms with Gasteiger partial charge >= 0.3 is 0 Å². The van der Waals surface area contributed by atoms with E-state index in [2.05, 4.69) is 41.3 Å². The number of allylic oxidation sites excluding steroid dienone is 3. The van der Waals surface area contributed by atoms with Gasteiger partial charge in [-0.2, -0.15) is 5.10 Å². The van der Waals surface area contributed by atoms with Gasteiger partial charge in [-0.05, 0) is 18.6 Å². The van der Waals surface area contributed by atoms with Gasteiger partial charge in [-0.25, -0.2) is 14.7 Å². The van der Waals surface area contributed by atoms with Crippen molar-refractivity contribution in [2.75, 3.05) is 0 Å². The maximum absolute atomic E-state index is 6.33. The summed E-state index contributed by atoms with van der Waals surface area (Å²) < 4.78 is 1.76. The minimum Gasteiger partial charge on any atom is -0.246 e. The number of hydrogen-bond donors (Lipinski definition) is 0. The predicted octanol–water partition coefficient (Wildman–Crippen LogP) is 5.96. The van der Waals surface area contributed by atoms with Crippen LogP contribution in [0.3, 0.4) is 0 Å². The first-order chi connectivity index (χ1) is 13.1. The van der Waals surface area contributed by atoms with Crippen LogP contribution in [0.25, 0.3) is 0 Å². The molecule has 4 nitrogen and oxygen atoms in total. The standard InChI is InChI=1S/C18H18Cl2N4S.C2H6/c1-13-2-4-14(5-3-13)10-25-18(9-24-12-21-11-22-24)23-17-7-6-15(19)8-16(17)20;1-2/h2-7,11-12,15H,8-10H2,1H3;1-2H3. The third-order valence-corrected chi connectivity index (χ3v) is 5.33. The number of thioether (sulfide) groups is 1. The van der Waals surface area contributed by atoms with E-state index >= 15 is 0 Å². The summed E-state index contributed by atoms with van der Waals surface area (Å²) in [5, 5.41) is 5.72. The van der Waals surface area contributed by atoms with Crippen LogP contribution in [0, 0.1) is 6.92 Å². The van der Waals surface area contributed by atoms with Crippen molar-refractivity contribution in [2.45, 2.75) is 44.9 Å². The van der Waals surface area contributed by atoms with Crippen LogP contribution < -0.4 is 0 Å². The van der Waals surface area contributed by atoms with Crippen molar-refractivity contribution in [3.63, 3.8) is 0 Å². The highest BCUT2D eigenvalue weighted by atomic mass is 35.5. The molecule has 0 fully saturated rings. The average molecular weight is 423 g/mol. The van der Waals surface area contributed by atoms with Crippen LogP contribution in [-0.2, 0) is 12.3 Å². The number of nitrogens with zero attached hydrogens (tertiary/aromatic N) is 4. The van der Waals surface area contributed by atoms with E-state index in [4.69, 9.17) is 28.2 Å². The molecule has 0 saturated heterocycles. The quantitative estimate of drug-likeness (QED) is 0.338. The van der Waals surface area contributed by atoms with Crippen LogP contribution in [0.4, 0.5) is 0 Å². The normalized spacial score (nSPS) is 16.9. The van der Waals surface area contributed by atoms with E-state index in [0.29, 0.717) is 18.0 Å². The molecule has 0 radical (unpaired) electrons. The molecule has 27 heavy (non-hydrogen) atoms. The van der Waals surface area contributed by atoms with Crippen LogP contribution in [-0.4, -0.2) is 25.2 Å². The molecule has 0 saturated carbocycles. The molecule has 1 aliphatic rings. The first-order valence-corrected chi connectivity index (χ1v) is 10.7. The van der Waals surface area contributed by atoms with Gasteiger partial charge in [-0.1, -0.05) is 61.4 Å². The van der Waals surface area contributed by atoms with E-state index in [1.54, 1.807) is 22.8 Å². The van der Waals surface area contributed by atoms with Crippen LogP contribution in [0.5, 0.6) is 0 Å². The average Bonchev–Trinajstić information content (AvgIpc) is 3.18. The van der Waals surface area contributed by atoms with Gasteiger partial charge in [0.15, 0.2) is 0 Å². The Morgan fingerprint density at radius 2 is 2.04 bits per heavy atom. The second-order valence-electron chi connectivity index (χ2n) is 5.74. The summed E-state index contributed by atoms with van der Waals surface area (Å²) in [7, 11) is 0. The molecule has 2 aromatic rings. The molecule has 3 rings (SSSR count). The van der Waals surface area contributed by atoms with Gasteiger partial charge in [-0.3, -0.25) is 0 Å². The third kappa shape index (κ3) is 7.17. The molecular formula is C20H24Cl2N4S. The Bertz CT molecular complexity index is 796. The van der Waals surface area contributed by atoms with E-state index in [0.717, 1.165) is 16.5 Å². The lowest BCUT2D eigenvalue weighted by atomic mass is 10.1. The largest absolute Gasteiger partial charge is 0.246 e. The minimum atomic E-state index is -0.0644. The predicted molar refractivity (Wildman–Crippen MR) is 118 cm³/mol. The summed E-state index contributed by atoms with van der Waals surface area (Å²) in [6, 6.07) is 8.52. The van der Waals surface area contributed by atoms with Gasteiger partial charge in [0.2, 0.25) is 0 Å². The zero-order chi connectivity index (χ0) is 19.6. The van der Waals surface area contributed by atoms with Crippen molar-refractivity contribution >= 4 is 40.0 Å². The maximum atomic E-state index is 6.33. The Balaban J connectivity index is 0.00000126. The highest BCUT2D eigenvalue weighted by Gasteiger charge is 2.14. The van der Waals surface area contributed by atoms with Crippen molar-refractivity contribution in [2.24, 2.45) is 4.99 Å². The first kappa shape index (κ1) is 21.7. The van der Waals surface area contributed by atoms with Crippen molar-refractivity contribution in [1.82, 2.24) is 14.8 Å². The van der Waals surface area contributed by atoms with Crippen molar-refractivity contribution in [3.8, 4) is 0 Å². The van der Waals surface area contributed by atoms with Crippen LogP contribution >= 0.6 is 35.0 Å². The summed E-state index contributed by atoms with van der Waals surface area (Å²) in [6.45, 7) is 6.64. The Morgan fingerprint density at radius 3 is 2.67 bits per heavy atom. The molecule has 0 N–H and O–H groups in total. The molecule has 1 aliphatic carbocycles. The number of rotatable bonds is 5. The third-order valence-electron chi connectivity index (χ3n) is 3.65. The fraction of sp³-hybridized carbons (Fsp3) is 0.350. The van der Waals surface area contributed by atoms with Gasteiger partial charge in [-0.15, -0.1) is 23.4 Å². The topological polar surface area (TPSA) is 43.1 Å². The highest BCUT2D eigenvalue weighted by molar-refractivity contribution is 8.13. The fourth-order valence-electron chi connectivity index (χ4n) is 2.28. The van der Waals surface area contributed by atoms with Crippen molar-refractivity contribution < 1.29 is 0 Å². The number of aromatic nitrogens is 3. The molecule has 0 aliphatic heterocycles. The number of alkyl halides is 1. The monoisotopic (exact) mass is 422 g/mol. The fourth-order valence-corrected chi connectivity index (χ4v) is 3.77. The Morgan fingerprint density at radius 1 is 1.30 bits per heavy atom. The number of halogens is 2. The SMILES string of the molecule is CC.Cc1ccc(CSC(Cn2cncn2)=NC2=C(Cl)CC(Cl)C=C2)cc1. The van der Waals surface area contributed by atoms with E-state index in [1.807, 2.05) is 26.0 Å². The lowest BCUT2D eigenvalue weighted by Crippen LogP contribution is -2.09. The molecular weight excluding hydrogens is 399 g/mol. The van der Waals surface area contributed by atoms with Gasteiger partial charge in [0.05, 0.1) is 22.7 Å². The molecule has 1 atom stereocenters. The van der Waals surface area contributed by atoms with E-state index in [-0.39, 0.29) is 5.38 Å². The Kier molecular flexibility index (Phi) is 9.11. The summed E-state index contributed by atoms with van der Waals surface area (Å²) in [5.74, 6) is 0.834. The van der Waals surface area contributed by atoms with Gasteiger partial charge in [0, 0.05) is 17.2 Å². The number of benzene rings is 1. The maximum Gasteiger partial charge on any atom is 0.137 e. The van der Waals surface area contributed by atoms with Gasteiger partial charge in [0.25, 0.3) is 0 Å².